The molecule has 2 N–H and O–H groups in total. The van der Waals surface area contributed by atoms with Gasteiger partial charge < -0.3 is 9.88 Å². The van der Waals surface area contributed by atoms with Gasteiger partial charge in [0.15, 0.2) is 9.84 Å². The molecule has 1 aliphatic rings. The fraction of sp³-hybridized carbons (Fsp3) is 0.360. The number of pyridine rings is 1. The molecular weight excluding hydrogens is 478 g/mol. The maximum Gasteiger partial charge on any atom is 0.258 e. The summed E-state index contributed by atoms with van der Waals surface area (Å²) in [6.45, 7) is 5.32. The number of hydrogen-bond acceptors (Lipinski definition) is 7. The van der Waals surface area contributed by atoms with E-state index in [1.165, 1.54) is 6.26 Å². The first-order chi connectivity index (χ1) is 17.1. The molecule has 188 valence electrons. The number of imidazole rings is 1. The molecule has 0 spiro atoms. The van der Waals surface area contributed by atoms with Gasteiger partial charge in [0, 0.05) is 37.7 Å². The minimum Gasteiger partial charge on any atom is -0.370 e. The van der Waals surface area contributed by atoms with Crippen LogP contribution in [0.15, 0.2) is 41.4 Å². The van der Waals surface area contributed by atoms with Crippen LogP contribution in [0.25, 0.3) is 22.3 Å². The summed E-state index contributed by atoms with van der Waals surface area (Å²) in [6.07, 6.45) is 4.78. The monoisotopic (exact) mass is 507 g/mol. The van der Waals surface area contributed by atoms with Crippen LogP contribution in [0.2, 0.25) is 0 Å². The molecule has 0 fully saturated rings. The third-order valence-corrected chi connectivity index (χ3v) is 7.57. The van der Waals surface area contributed by atoms with E-state index in [4.69, 9.17) is 0 Å². The Morgan fingerprint density at radius 3 is 2.72 bits per heavy atom. The average Bonchev–Trinajstić information content (AvgIpc) is 3.34. The molecular formula is C25H29N7O3S. The fourth-order valence-corrected chi connectivity index (χ4v) is 5.26. The summed E-state index contributed by atoms with van der Waals surface area (Å²) < 4.78 is 28.1. The van der Waals surface area contributed by atoms with Crippen molar-refractivity contribution in [3.05, 3.63) is 47.8 Å². The van der Waals surface area contributed by atoms with E-state index >= 15 is 0 Å². The lowest BCUT2D eigenvalue weighted by molar-refractivity contribution is 0.102. The highest BCUT2D eigenvalue weighted by atomic mass is 32.2. The van der Waals surface area contributed by atoms with Gasteiger partial charge in [-0.25, -0.2) is 13.4 Å². The van der Waals surface area contributed by atoms with Gasteiger partial charge in [0.05, 0.1) is 33.4 Å². The summed E-state index contributed by atoms with van der Waals surface area (Å²) in [6, 6.07) is 8.35. The number of rotatable bonds is 1. The zero-order valence-electron chi connectivity index (χ0n) is 20.7. The van der Waals surface area contributed by atoms with Gasteiger partial charge in [0.1, 0.15) is 5.82 Å². The number of anilines is 2. The topological polar surface area (TPSA) is 124 Å². The molecule has 36 heavy (non-hydrogen) atoms. The SMILES string of the molecule is Cc1cc2cc(n1)-c1cnn(C)c1NCCC[C@@H](C)Cn1c(nc3ccc(S(C)(=O)=O)cc31)NC2=O. The van der Waals surface area contributed by atoms with Crippen LogP contribution in [0.3, 0.4) is 0 Å². The maximum atomic E-state index is 13.4. The molecule has 0 saturated heterocycles. The van der Waals surface area contributed by atoms with Crippen molar-refractivity contribution in [1.82, 2.24) is 24.3 Å². The van der Waals surface area contributed by atoms with E-state index in [9.17, 15) is 13.2 Å². The molecule has 0 unspecified atom stereocenters. The number of benzene rings is 1. The Balaban J connectivity index is 1.63. The fourth-order valence-electron chi connectivity index (χ4n) is 4.62. The Labute approximate surface area is 209 Å². The molecule has 10 nitrogen and oxygen atoms in total. The standard InChI is InChI=1S/C25H29N7O3S/c1-15-6-5-9-26-23-19(13-27-31(23)3)21-11-17(10-16(2)28-21)24(33)30-25-29-20-8-7-18(36(4,34)35)12-22(20)32(25)14-15/h7-8,10-13,15,26H,5-6,9,14H2,1-4H3,(H,29,30,33)/t15-/m1/s1. The second-order valence-electron chi connectivity index (χ2n) is 9.51. The van der Waals surface area contributed by atoms with Crippen LogP contribution in [0.5, 0.6) is 0 Å². The first-order valence-electron chi connectivity index (χ1n) is 11.9. The van der Waals surface area contributed by atoms with Crippen molar-refractivity contribution in [2.24, 2.45) is 13.0 Å². The summed E-state index contributed by atoms with van der Waals surface area (Å²) in [7, 11) is -1.52. The van der Waals surface area contributed by atoms with Crippen LogP contribution in [-0.2, 0) is 23.4 Å². The van der Waals surface area contributed by atoms with E-state index < -0.39 is 9.84 Å². The smallest absolute Gasteiger partial charge is 0.258 e. The Kier molecular flexibility index (Phi) is 6.03. The lowest BCUT2D eigenvalue weighted by atomic mass is 10.1. The molecule has 4 heterocycles. The van der Waals surface area contributed by atoms with Crippen molar-refractivity contribution in [1.29, 1.82) is 0 Å². The predicted octanol–water partition coefficient (Wildman–Crippen LogP) is 3.64. The van der Waals surface area contributed by atoms with Crippen molar-refractivity contribution < 1.29 is 13.2 Å². The third-order valence-electron chi connectivity index (χ3n) is 6.46. The van der Waals surface area contributed by atoms with Crippen LogP contribution in [-0.4, -0.2) is 51.4 Å². The van der Waals surface area contributed by atoms with Crippen molar-refractivity contribution >= 4 is 38.5 Å². The van der Waals surface area contributed by atoms with Gasteiger partial charge in [0.2, 0.25) is 5.95 Å². The number of nitrogens with one attached hydrogen (secondary N) is 2. The molecule has 0 aliphatic carbocycles. The molecule has 2 bridgehead atoms. The number of amides is 1. The second-order valence-corrected chi connectivity index (χ2v) is 11.5. The highest BCUT2D eigenvalue weighted by Crippen LogP contribution is 2.29. The molecule has 1 aliphatic heterocycles. The summed E-state index contributed by atoms with van der Waals surface area (Å²) in [5.41, 5.74) is 3.94. The lowest BCUT2D eigenvalue weighted by Gasteiger charge is -2.16. The first-order valence-corrected chi connectivity index (χ1v) is 13.8. The van der Waals surface area contributed by atoms with Crippen LogP contribution in [0, 0.1) is 12.8 Å². The summed E-state index contributed by atoms with van der Waals surface area (Å²) in [5.74, 6) is 1.18. The van der Waals surface area contributed by atoms with Crippen molar-refractivity contribution in [3.8, 4) is 11.3 Å². The lowest BCUT2D eigenvalue weighted by Crippen LogP contribution is -2.18. The molecule has 0 saturated carbocycles. The van der Waals surface area contributed by atoms with E-state index in [1.54, 1.807) is 41.2 Å². The minimum atomic E-state index is -3.39. The number of carbonyl (C=O) groups excluding carboxylic acids is 1. The van der Waals surface area contributed by atoms with Crippen molar-refractivity contribution in [2.75, 3.05) is 23.4 Å². The molecule has 3 aromatic heterocycles. The second kappa shape index (κ2) is 9.05. The number of aromatic nitrogens is 5. The number of fused-ring (bicyclic) bond motifs is 7. The zero-order chi connectivity index (χ0) is 25.6. The van der Waals surface area contributed by atoms with Crippen molar-refractivity contribution in [3.63, 3.8) is 0 Å². The third kappa shape index (κ3) is 4.58. The molecule has 1 amide bonds. The number of hydrogen-bond donors (Lipinski definition) is 2. The van der Waals surface area contributed by atoms with E-state index in [0.29, 0.717) is 40.5 Å². The van der Waals surface area contributed by atoms with E-state index in [0.717, 1.165) is 30.8 Å². The molecule has 5 rings (SSSR count). The molecule has 0 radical (unpaired) electrons. The minimum absolute atomic E-state index is 0.220. The Morgan fingerprint density at radius 1 is 1.14 bits per heavy atom. The average molecular weight is 508 g/mol. The quantitative estimate of drug-likeness (QED) is 0.403. The van der Waals surface area contributed by atoms with Gasteiger partial charge in [-0.2, -0.15) is 5.10 Å². The van der Waals surface area contributed by atoms with Gasteiger partial charge >= 0.3 is 0 Å². The van der Waals surface area contributed by atoms with Crippen LogP contribution in [0.1, 0.15) is 35.8 Å². The van der Waals surface area contributed by atoms with E-state index in [2.05, 4.69) is 32.6 Å². The molecule has 1 atom stereocenters. The van der Waals surface area contributed by atoms with Crippen molar-refractivity contribution in [2.45, 2.75) is 38.1 Å². The summed E-state index contributed by atoms with van der Waals surface area (Å²) >= 11 is 0. The normalized spacial score (nSPS) is 16.9. The summed E-state index contributed by atoms with van der Waals surface area (Å²) in [4.78, 5) is 22.9. The number of sulfone groups is 1. The largest absolute Gasteiger partial charge is 0.370 e. The maximum absolute atomic E-state index is 13.4. The number of nitrogens with zero attached hydrogens (tertiary/aromatic N) is 5. The van der Waals surface area contributed by atoms with Crippen LogP contribution in [0.4, 0.5) is 11.8 Å². The van der Waals surface area contributed by atoms with Crippen LogP contribution >= 0.6 is 0 Å². The molecule has 4 aromatic rings. The van der Waals surface area contributed by atoms with E-state index in [1.807, 2.05) is 18.5 Å². The van der Waals surface area contributed by atoms with Gasteiger partial charge in [0.25, 0.3) is 5.91 Å². The highest BCUT2D eigenvalue weighted by Gasteiger charge is 2.21. The van der Waals surface area contributed by atoms with Crippen LogP contribution < -0.4 is 10.6 Å². The molecule has 11 heteroatoms. The Bertz CT molecular complexity index is 1590. The highest BCUT2D eigenvalue weighted by molar-refractivity contribution is 7.90. The number of aryl methyl sites for hydroxylation is 2. The van der Waals surface area contributed by atoms with Gasteiger partial charge in [-0.1, -0.05) is 6.92 Å². The van der Waals surface area contributed by atoms with Gasteiger partial charge in [-0.3, -0.25) is 19.8 Å². The predicted molar refractivity (Wildman–Crippen MR) is 139 cm³/mol. The Hall–Kier alpha value is -3.73. The number of carbonyl (C=O) groups is 1. The van der Waals surface area contributed by atoms with E-state index in [-0.39, 0.29) is 16.7 Å². The molecule has 1 aromatic carbocycles. The van der Waals surface area contributed by atoms with Gasteiger partial charge in [-0.05, 0) is 56.0 Å². The van der Waals surface area contributed by atoms with Gasteiger partial charge in [-0.15, -0.1) is 0 Å². The Morgan fingerprint density at radius 2 is 1.94 bits per heavy atom. The zero-order valence-corrected chi connectivity index (χ0v) is 21.6. The summed E-state index contributed by atoms with van der Waals surface area (Å²) in [5, 5.41) is 10.8. The first kappa shape index (κ1) is 24.0.